The Kier molecular flexibility index (Phi) is 3.14. The largest absolute Gasteiger partial charge is 0.378 e. The predicted molar refractivity (Wildman–Crippen MR) is 65.0 cm³/mol. The Morgan fingerprint density at radius 1 is 1.35 bits per heavy atom. The van der Waals surface area contributed by atoms with Crippen molar-refractivity contribution in [2.75, 3.05) is 5.32 Å². The van der Waals surface area contributed by atoms with Crippen LogP contribution in [0.1, 0.15) is 5.56 Å². The summed E-state index contributed by atoms with van der Waals surface area (Å²) in [6.45, 7) is 0.544. The quantitative estimate of drug-likeness (QED) is 0.878. The molecule has 0 unspecified atom stereocenters. The van der Waals surface area contributed by atoms with Gasteiger partial charge in [-0.1, -0.05) is 11.6 Å². The lowest BCUT2D eigenvalue weighted by atomic mass is 10.3. The molecule has 7 heteroatoms. The molecule has 0 atom stereocenters. The average Bonchev–Trinajstić information content (AvgIpc) is 2.71. The zero-order chi connectivity index (χ0) is 12.4. The van der Waals surface area contributed by atoms with Gasteiger partial charge in [0.25, 0.3) is 5.56 Å². The van der Waals surface area contributed by atoms with Crippen molar-refractivity contribution in [2.45, 2.75) is 6.54 Å². The van der Waals surface area contributed by atoms with Crippen molar-refractivity contribution in [3.05, 3.63) is 39.5 Å². The number of nitrogens with one attached hydrogen (secondary N) is 1. The van der Waals surface area contributed by atoms with E-state index in [4.69, 9.17) is 11.6 Å². The summed E-state index contributed by atoms with van der Waals surface area (Å²) >= 11 is 5.91. The Labute approximate surface area is 103 Å². The zero-order valence-electron chi connectivity index (χ0n) is 9.51. The Hall–Kier alpha value is -1.82. The van der Waals surface area contributed by atoms with E-state index in [-0.39, 0.29) is 10.6 Å². The van der Waals surface area contributed by atoms with Gasteiger partial charge >= 0.3 is 0 Å². The second kappa shape index (κ2) is 4.58. The second-order valence-corrected chi connectivity index (χ2v) is 4.05. The fraction of sp³-hybridized carbons (Fsp3) is 0.300. The number of aryl methyl sites for hydroxylation is 2. The molecule has 0 saturated carbocycles. The van der Waals surface area contributed by atoms with Gasteiger partial charge in [-0.05, 0) is 0 Å². The minimum Gasteiger partial charge on any atom is -0.378 e. The molecule has 0 saturated heterocycles. The Morgan fingerprint density at radius 3 is 2.76 bits per heavy atom. The predicted octanol–water partition coefficient (Wildman–Crippen LogP) is 0.779. The van der Waals surface area contributed by atoms with Gasteiger partial charge in [0.05, 0.1) is 18.1 Å². The molecular weight excluding hydrogens is 242 g/mol. The molecule has 0 aliphatic carbocycles. The van der Waals surface area contributed by atoms with Crippen molar-refractivity contribution in [1.29, 1.82) is 0 Å². The van der Waals surface area contributed by atoms with Gasteiger partial charge in [0.15, 0.2) is 0 Å². The van der Waals surface area contributed by atoms with Crippen LogP contribution in [-0.4, -0.2) is 19.6 Å². The summed E-state index contributed by atoms with van der Waals surface area (Å²) in [5.41, 5.74) is 1.21. The Bertz CT molecular complexity index is 589. The number of nitrogens with zero attached hydrogens (tertiary/aromatic N) is 4. The summed E-state index contributed by atoms with van der Waals surface area (Å²) in [5.74, 6) is 0. The third kappa shape index (κ3) is 2.47. The van der Waals surface area contributed by atoms with E-state index in [1.807, 2.05) is 13.2 Å². The van der Waals surface area contributed by atoms with Crippen molar-refractivity contribution in [1.82, 2.24) is 19.6 Å². The van der Waals surface area contributed by atoms with Crippen LogP contribution in [0.4, 0.5) is 5.69 Å². The highest BCUT2D eigenvalue weighted by atomic mass is 35.5. The number of aromatic nitrogens is 4. The van der Waals surface area contributed by atoms with Crippen molar-refractivity contribution >= 4 is 17.3 Å². The zero-order valence-corrected chi connectivity index (χ0v) is 10.3. The lowest BCUT2D eigenvalue weighted by Gasteiger charge is -2.06. The van der Waals surface area contributed by atoms with Crippen LogP contribution in [0, 0.1) is 0 Å². The van der Waals surface area contributed by atoms with Crippen LogP contribution in [0.25, 0.3) is 0 Å². The summed E-state index contributed by atoms with van der Waals surface area (Å²) in [4.78, 5) is 11.5. The van der Waals surface area contributed by atoms with Crippen LogP contribution in [-0.2, 0) is 20.6 Å². The maximum Gasteiger partial charge on any atom is 0.287 e. The molecule has 2 aromatic rings. The molecule has 0 spiro atoms. The number of hydrogen-bond donors (Lipinski definition) is 1. The monoisotopic (exact) mass is 253 g/mol. The van der Waals surface area contributed by atoms with Crippen LogP contribution < -0.4 is 10.9 Å². The first-order chi connectivity index (χ1) is 8.08. The molecule has 0 fully saturated rings. The maximum absolute atomic E-state index is 11.5. The van der Waals surface area contributed by atoms with E-state index in [9.17, 15) is 4.79 Å². The number of halogens is 1. The van der Waals surface area contributed by atoms with E-state index in [1.165, 1.54) is 10.9 Å². The van der Waals surface area contributed by atoms with Gasteiger partial charge in [0.1, 0.15) is 5.02 Å². The van der Waals surface area contributed by atoms with E-state index >= 15 is 0 Å². The highest BCUT2D eigenvalue weighted by Gasteiger charge is 2.07. The molecule has 6 nitrogen and oxygen atoms in total. The fourth-order valence-electron chi connectivity index (χ4n) is 1.39. The van der Waals surface area contributed by atoms with Crippen LogP contribution in [0.5, 0.6) is 0 Å². The lowest BCUT2D eigenvalue weighted by Crippen LogP contribution is -2.21. The number of hydrogen-bond acceptors (Lipinski definition) is 4. The molecule has 0 radical (unpaired) electrons. The van der Waals surface area contributed by atoms with Gasteiger partial charge in [0, 0.05) is 32.4 Å². The molecular formula is C10H12ClN5O. The molecule has 90 valence electrons. The fourth-order valence-corrected chi connectivity index (χ4v) is 1.63. The smallest absolute Gasteiger partial charge is 0.287 e. The maximum atomic E-state index is 11.5. The molecule has 0 aromatic carbocycles. The minimum absolute atomic E-state index is 0.145. The highest BCUT2D eigenvalue weighted by molar-refractivity contribution is 6.32. The van der Waals surface area contributed by atoms with Crippen molar-refractivity contribution in [3.63, 3.8) is 0 Å². The van der Waals surface area contributed by atoms with E-state index in [0.717, 1.165) is 5.56 Å². The van der Waals surface area contributed by atoms with Gasteiger partial charge in [0.2, 0.25) is 0 Å². The van der Waals surface area contributed by atoms with Crippen molar-refractivity contribution in [3.8, 4) is 0 Å². The van der Waals surface area contributed by atoms with Gasteiger partial charge in [-0.3, -0.25) is 9.48 Å². The van der Waals surface area contributed by atoms with Crippen molar-refractivity contribution < 1.29 is 0 Å². The average molecular weight is 254 g/mol. The molecule has 2 heterocycles. The molecule has 0 amide bonds. The van der Waals surface area contributed by atoms with E-state index < -0.39 is 0 Å². The van der Waals surface area contributed by atoms with Gasteiger partial charge < -0.3 is 5.32 Å². The van der Waals surface area contributed by atoms with Gasteiger partial charge in [-0.15, -0.1) is 0 Å². The lowest BCUT2D eigenvalue weighted by molar-refractivity contribution is 0.708. The minimum atomic E-state index is -0.317. The van der Waals surface area contributed by atoms with Crippen LogP contribution in [0.15, 0.2) is 23.4 Å². The molecule has 2 rings (SSSR count). The van der Waals surface area contributed by atoms with Crippen LogP contribution >= 0.6 is 11.6 Å². The first-order valence-electron chi connectivity index (χ1n) is 5.01. The van der Waals surface area contributed by atoms with Crippen LogP contribution in [0.2, 0.25) is 5.02 Å². The SMILES string of the molecule is Cn1cc(CNc2cnn(C)c(=O)c2Cl)cn1. The number of rotatable bonds is 3. The van der Waals surface area contributed by atoms with E-state index in [0.29, 0.717) is 12.2 Å². The number of anilines is 1. The molecule has 0 bridgehead atoms. The van der Waals surface area contributed by atoms with E-state index in [2.05, 4.69) is 15.5 Å². The summed E-state index contributed by atoms with van der Waals surface area (Å²) in [5, 5.41) is 11.1. The van der Waals surface area contributed by atoms with Gasteiger partial charge in [-0.2, -0.15) is 10.2 Å². The third-order valence-corrected chi connectivity index (χ3v) is 2.68. The topological polar surface area (TPSA) is 64.7 Å². The summed E-state index contributed by atoms with van der Waals surface area (Å²) in [6, 6.07) is 0. The summed E-state index contributed by atoms with van der Waals surface area (Å²) in [6.07, 6.45) is 5.16. The molecule has 17 heavy (non-hydrogen) atoms. The summed E-state index contributed by atoms with van der Waals surface area (Å²) in [7, 11) is 3.40. The van der Waals surface area contributed by atoms with Crippen LogP contribution in [0.3, 0.4) is 0 Å². The third-order valence-electron chi connectivity index (χ3n) is 2.32. The Balaban J connectivity index is 2.15. The molecule has 0 aliphatic rings. The summed E-state index contributed by atoms with van der Waals surface area (Å²) < 4.78 is 2.90. The first kappa shape index (κ1) is 11.7. The molecule has 2 aromatic heterocycles. The molecule has 1 N–H and O–H groups in total. The Morgan fingerprint density at radius 2 is 2.12 bits per heavy atom. The first-order valence-corrected chi connectivity index (χ1v) is 5.39. The second-order valence-electron chi connectivity index (χ2n) is 3.68. The normalized spacial score (nSPS) is 10.5. The van der Waals surface area contributed by atoms with E-state index in [1.54, 1.807) is 17.9 Å². The van der Waals surface area contributed by atoms with Crippen molar-refractivity contribution in [2.24, 2.45) is 14.1 Å². The standard InChI is InChI=1S/C10H12ClN5O/c1-15-6-7(4-13-15)3-12-8-5-14-16(2)10(17)9(8)11/h4-6,12H,3H2,1-2H3. The van der Waals surface area contributed by atoms with Gasteiger partial charge in [-0.25, -0.2) is 4.68 Å². The molecule has 0 aliphatic heterocycles. The highest BCUT2D eigenvalue weighted by Crippen LogP contribution is 2.15.